The van der Waals surface area contributed by atoms with Crippen molar-refractivity contribution in [3.05, 3.63) is 23.8 Å². The van der Waals surface area contributed by atoms with Crippen LogP contribution in [0, 0.1) is 0 Å². The zero-order valence-corrected chi connectivity index (χ0v) is 12.7. The van der Waals surface area contributed by atoms with Crippen molar-refractivity contribution >= 4 is 11.6 Å². The first-order chi connectivity index (χ1) is 9.32. The second-order valence-electron chi connectivity index (χ2n) is 5.45. The number of rotatable bonds is 6. The number of phenolic OH excluding ortho intramolecular Hbond substituents is 1. The molecule has 0 aliphatic rings. The number of nitrogens with one attached hydrogen (secondary N) is 1. The van der Waals surface area contributed by atoms with Gasteiger partial charge in [-0.25, -0.2) is 0 Å². The summed E-state index contributed by atoms with van der Waals surface area (Å²) in [5.74, 6) is -0.221. The molecule has 20 heavy (non-hydrogen) atoms. The SMILES string of the molecule is CC(C)N(CCNC(=O)c1cc(O)ccc1N)C(C)C. The number of hydrogen-bond donors (Lipinski definition) is 3. The van der Waals surface area contributed by atoms with Crippen LogP contribution in [0.15, 0.2) is 18.2 Å². The predicted molar refractivity (Wildman–Crippen MR) is 81.8 cm³/mol. The number of anilines is 1. The molecule has 0 heterocycles. The molecule has 4 N–H and O–H groups in total. The highest BCUT2D eigenvalue weighted by Gasteiger charge is 2.14. The zero-order valence-electron chi connectivity index (χ0n) is 12.7. The third-order valence-electron chi connectivity index (χ3n) is 3.26. The summed E-state index contributed by atoms with van der Waals surface area (Å²) in [5, 5.41) is 12.2. The lowest BCUT2D eigenvalue weighted by atomic mass is 10.1. The lowest BCUT2D eigenvalue weighted by Crippen LogP contribution is -2.42. The van der Waals surface area contributed by atoms with Crippen molar-refractivity contribution in [2.45, 2.75) is 39.8 Å². The number of hydrogen-bond acceptors (Lipinski definition) is 4. The van der Waals surface area contributed by atoms with E-state index in [1.165, 1.54) is 18.2 Å². The lowest BCUT2D eigenvalue weighted by Gasteiger charge is -2.30. The van der Waals surface area contributed by atoms with Crippen molar-refractivity contribution in [3.8, 4) is 5.75 Å². The molecule has 1 aromatic carbocycles. The number of benzene rings is 1. The molecular formula is C15H25N3O2. The van der Waals surface area contributed by atoms with E-state index in [4.69, 9.17) is 5.73 Å². The number of nitrogen functional groups attached to an aromatic ring is 1. The molecule has 5 heteroatoms. The van der Waals surface area contributed by atoms with E-state index in [0.717, 1.165) is 6.54 Å². The minimum Gasteiger partial charge on any atom is -0.508 e. The summed E-state index contributed by atoms with van der Waals surface area (Å²) >= 11 is 0. The van der Waals surface area contributed by atoms with Gasteiger partial charge in [-0.05, 0) is 45.9 Å². The Morgan fingerprint density at radius 3 is 2.45 bits per heavy atom. The van der Waals surface area contributed by atoms with Gasteiger partial charge in [0.1, 0.15) is 5.75 Å². The first-order valence-corrected chi connectivity index (χ1v) is 6.95. The third kappa shape index (κ3) is 4.42. The molecule has 1 aromatic rings. The first-order valence-electron chi connectivity index (χ1n) is 6.95. The van der Waals surface area contributed by atoms with Gasteiger partial charge in [0, 0.05) is 30.9 Å². The van der Waals surface area contributed by atoms with Crippen LogP contribution in [-0.2, 0) is 0 Å². The van der Waals surface area contributed by atoms with E-state index >= 15 is 0 Å². The highest BCUT2D eigenvalue weighted by Crippen LogP contribution is 2.18. The van der Waals surface area contributed by atoms with E-state index in [2.05, 4.69) is 37.9 Å². The number of aromatic hydroxyl groups is 1. The van der Waals surface area contributed by atoms with Crippen LogP contribution in [0.1, 0.15) is 38.1 Å². The fourth-order valence-corrected chi connectivity index (χ4v) is 2.25. The number of phenols is 1. The minimum absolute atomic E-state index is 0.0373. The van der Waals surface area contributed by atoms with Crippen LogP contribution in [0.25, 0.3) is 0 Å². The summed E-state index contributed by atoms with van der Waals surface area (Å²) in [6, 6.07) is 5.23. The van der Waals surface area contributed by atoms with Crippen LogP contribution in [0.2, 0.25) is 0 Å². The molecule has 0 aliphatic heterocycles. The van der Waals surface area contributed by atoms with Gasteiger partial charge in [0.05, 0.1) is 5.56 Å². The Labute approximate surface area is 120 Å². The first kappa shape index (κ1) is 16.3. The summed E-state index contributed by atoms with van der Waals surface area (Å²) in [6.45, 7) is 9.86. The number of nitrogens with two attached hydrogens (primary N) is 1. The van der Waals surface area contributed by atoms with Gasteiger partial charge in [0.25, 0.3) is 5.91 Å². The van der Waals surface area contributed by atoms with E-state index in [-0.39, 0.29) is 11.7 Å². The summed E-state index contributed by atoms with van der Waals surface area (Å²) in [6.07, 6.45) is 0. The number of amides is 1. The van der Waals surface area contributed by atoms with Crippen molar-refractivity contribution in [1.82, 2.24) is 10.2 Å². The summed E-state index contributed by atoms with van der Waals surface area (Å²) in [4.78, 5) is 14.3. The van der Waals surface area contributed by atoms with Gasteiger partial charge in [-0.15, -0.1) is 0 Å². The molecule has 0 atom stereocenters. The van der Waals surface area contributed by atoms with Gasteiger partial charge in [-0.1, -0.05) is 0 Å². The molecule has 112 valence electrons. The van der Waals surface area contributed by atoms with Crippen LogP contribution in [-0.4, -0.2) is 41.1 Å². The fourth-order valence-electron chi connectivity index (χ4n) is 2.25. The Hall–Kier alpha value is -1.75. The van der Waals surface area contributed by atoms with Crippen molar-refractivity contribution in [3.63, 3.8) is 0 Å². The van der Waals surface area contributed by atoms with E-state index in [1.54, 1.807) is 0 Å². The molecule has 5 nitrogen and oxygen atoms in total. The molecule has 0 aromatic heterocycles. The van der Waals surface area contributed by atoms with Gasteiger partial charge in [0.2, 0.25) is 0 Å². The molecule has 1 amide bonds. The largest absolute Gasteiger partial charge is 0.508 e. The molecule has 0 aliphatic carbocycles. The number of carbonyl (C=O) groups is 1. The maximum Gasteiger partial charge on any atom is 0.253 e. The molecule has 0 saturated carbocycles. The summed E-state index contributed by atoms with van der Waals surface area (Å²) in [7, 11) is 0. The minimum atomic E-state index is -0.258. The Balaban J connectivity index is 2.57. The van der Waals surface area contributed by atoms with E-state index in [0.29, 0.717) is 29.9 Å². The maximum absolute atomic E-state index is 12.0. The Morgan fingerprint density at radius 1 is 1.30 bits per heavy atom. The topological polar surface area (TPSA) is 78.6 Å². The van der Waals surface area contributed by atoms with Gasteiger partial charge in [-0.3, -0.25) is 9.69 Å². The van der Waals surface area contributed by atoms with E-state index < -0.39 is 0 Å². The van der Waals surface area contributed by atoms with Crippen molar-refractivity contribution in [1.29, 1.82) is 0 Å². The Bertz CT molecular complexity index is 450. The van der Waals surface area contributed by atoms with Crippen LogP contribution in [0.3, 0.4) is 0 Å². The molecule has 0 bridgehead atoms. The lowest BCUT2D eigenvalue weighted by molar-refractivity contribution is 0.0940. The fraction of sp³-hybridized carbons (Fsp3) is 0.533. The van der Waals surface area contributed by atoms with Gasteiger partial charge in [0.15, 0.2) is 0 Å². The molecule has 1 rings (SSSR count). The zero-order chi connectivity index (χ0) is 15.3. The summed E-state index contributed by atoms with van der Waals surface area (Å²) < 4.78 is 0. The van der Waals surface area contributed by atoms with Crippen molar-refractivity contribution < 1.29 is 9.90 Å². The average molecular weight is 279 g/mol. The van der Waals surface area contributed by atoms with Crippen LogP contribution >= 0.6 is 0 Å². The Kier molecular flexibility index (Phi) is 5.82. The van der Waals surface area contributed by atoms with E-state index in [1.807, 2.05) is 0 Å². The van der Waals surface area contributed by atoms with Crippen molar-refractivity contribution in [2.75, 3.05) is 18.8 Å². The molecule has 0 saturated heterocycles. The number of carbonyl (C=O) groups excluding carboxylic acids is 1. The van der Waals surface area contributed by atoms with Crippen molar-refractivity contribution in [2.24, 2.45) is 0 Å². The quantitative estimate of drug-likeness (QED) is 0.548. The molecule has 0 fully saturated rings. The molecule has 0 unspecified atom stereocenters. The molecule has 0 radical (unpaired) electrons. The molecule has 0 spiro atoms. The average Bonchev–Trinajstić information content (AvgIpc) is 2.36. The Morgan fingerprint density at radius 2 is 1.90 bits per heavy atom. The monoisotopic (exact) mass is 279 g/mol. The normalized spacial score (nSPS) is 11.3. The van der Waals surface area contributed by atoms with Crippen LogP contribution in [0.4, 0.5) is 5.69 Å². The predicted octanol–water partition coefficient (Wildman–Crippen LogP) is 1.82. The van der Waals surface area contributed by atoms with E-state index in [9.17, 15) is 9.90 Å². The smallest absolute Gasteiger partial charge is 0.253 e. The number of nitrogens with zero attached hydrogens (tertiary/aromatic N) is 1. The van der Waals surface area contributed by atoms with Crippen LogP contribution in [0.5, 0.6) is 5.75 Å². The summed E-state index contributed by atoms with van der Waals surface area (Å²) in [5.41, 5.74) is 6.41. The third-order valence-corrected chi connectivity index (χ3v) is 3.26. The van der Waals surface area contributed by atoms with Gasteiger partial charge in [-0.2, -0.15) is 0 Å². The van der Waals surface area contributed by atoms with Gasteiger partial charge >= 0.3 is 0 Å². The highest BCUT2D eigenvalue weighted by molar-refractivity contribution is 5.99. The standard InChI is InChI=1S/C15H25N3O2/c1-10(2)18(11(3)4)8-7-17-15(20)13-9-12(19)5-6-14(13)16/h5-6,9-11,19H,7-8,16H2,1-4H3,(H,17,20). The van der Waals surface area contributed by atoms with Gasteiger partial charge < -0.3 is 16.2 Å². The molecular weight excluding hydrogens is 254 g/mol. The maximum atomic E-state index is 12.0. The second kappa shape index (κ2) is 7.14. The highest BCUT2D eigenvalue weighted by atomic mass is 16.3. The van der Waals surface area contributed by atoms with Crippen LogP contribution < -0.4 is 11.1 Å². The second-order valence-corrected chi connectivity index (χ2v) is 5.45.